The van der Waals surface area contributed by atoms with Gasteiger partial charge in [0.1, 0.15) is 0 Å². The van der Waals surface area contributed by atoms with Crippen molar-refractivity contribution in [3.8, 4) is 0 Å². The maximum absolute atomic E-state index is 11.0. The van der Waals surface area contributed by atoms with Gasteiger partial charge in [0.2, 0.25) is 0 Å². The summed E-state index contributed by atoms with van der Waals surface area (Å²) in [4.78, 5) is 11.0. The number of carbonyl (C=O) groups is 1. The summed E-state index contributed by atoms with van der Waals surface area (Å²) in [7, 11) is 0. The maximum atomic E-state index is 11.0. The second kappa shape index (κ2) is 6.18. The summed E-state index contributed by atoms with van der Waals surface area (Å²) in [6.45, 7) is 4.44. The molecule has 0 saturated heterocycles. The molecule has 4 rings (SSSR count). The number of hydrogen-bond acceptors (Lipinski definition) is 1. The number of carboxylic acids is 1. The molecule has 0 radical (unpaired) electrons. The molecule has 2 aromatic carbocycles. The van der Waals surface area contributed by atoms with Crippen molar-refractivity contribution in [2.45, 2.75) is 44.9 Å². The van der Waals surface area contributed by atoms with Crippen LogP contribution in [0.15, 0.2) is 42.5 Å². The molecular weight excluding hydrogens is 308 g/mol. The highest BCUT2D eigenvalue weighted by molar-refractivity contribution is 5.88. The quantitative estimate of drug-likeness (QED) is 0.703. The first kappa shape index (κ1) is 16.1. The molecule has 2 aliphatic rings. The van der Waals surface area contributed by atoms with Crippen LogP contribution < -0.4 is 0 Å². The summed E-state index contributed by atoms with van der Waals surface area (Å²) in [5.41, 5.74) is 7.15. The molecule has 1 fully saturated rings. The summed E-state index contributed by atoms with van der Waals surface area (Å²) in [6.07, 6.45) is 6.25. The lowest BCUT2D eigenvalue weighted by atomic mass is 9.86. The van der Waals surface area contributed by atoms with Crippen LogP contribution in [-0.4, -0.2) is 11.1 Å². The van der Waals surface area contributed by atoms with E-state index in [0.29, 0.717) is 11.5 Å². The summed E-state index contributed by atoms with van der Waals surface area (Å²) in [6, 6.07) is 14.2. The van der Waals surface area contributed by atoms with Crippen LogP contribution in [0.25, 0.3) is 11.6 Å². The minimum Gasteiger partial charge on any atom is -0.478 e. The average Bonchev–Trinajstić information content (AvgIpc) is 3.21. The van der Waals surface area contributed by atoms with Crippen molar-refractivity contribution in [2.75, 3.05) is 0 Å². The third-order valence-electron chi connectivity index (χ3n) is 5.83. The lowest BCUT2D eigenvalue weighted by Crippen LogP contribution is -2.01. The van der Waals surface area contributed by atoms with Crippen LogP contribution in [0.2, 0.25) is 0 Å². The van der Waals surface area contributed by atoms with E-state index in [4.69, 9.17) is 5.11 Å². The molecule has 0 amide bonds. The molecule has 25 heavy (non-hydrogen) atoms. The van der Waals surface area contributed by atoms with Gasteiger partial charge >= 0.3 is 5.97 Å². The van der Waals surface area contributed by atoms with Gasteiger partial charge in [-0.05, 0) is 77.0 Å². The predicted octanol–water partition coefficient (Wildman–Crippen LogP) is 5.95. The monoisotopic (exact) mass is 332 g/mol. The van der Waals surface area contributed by atoms with Crippen LogP contribution >= 0.6 is 0 Å². The van der Waals surface area contributed by atoms with Crippen LogP contribution in [-0.2, 0) is 0 Å². The molecule has 1 N–H and O–H groups in total. The van der Waals surface area contributed by atoms with Gasteiger partial charge in [-0.3, -0.25) is 0 Å². The highest BCUT2D eigenvalue weighted by Crippen LogP contribution is 2.53. The SMILES string of the molecule is CC(C)C(=Cc1ccc(C(=O)O)cc1)c1ccc2c(c1)[C@H]1CC[C@H]2C1. The van der Waals surface area contributed by atoms with E-state index in [-0.39, 0.29) is 0 Å². The van der Waals surface area contributed by atoms with Crippen LogP contribution in [0.3, 0.4) is 0 Å². The van der Waals surface area contributed by atoms with Gasteiger partial charge in [-0.15, -0.1) is 0 Å². The van der Waals surface area contributed by atoms with Crippen molar-refractivity contribution in [1.29, 1.82) is 0 Å². The van der Waals surface area contributed by atoms with Gasteiger partial charge in [0, 0.05) is 0 Å². The fourth-order valence-electron chi connectivity index (χ4n) is 4.51. The van der Waals surface area contributed by atoms with Gasteiger partial charge in [-0.2, -0.15) is 0 Å². The van der Waals surface area contributed by atoms with E-state index in [1.165, 1.54) is 30.4 Å². The molecular formula is C23H24O2. The standard InChI is InChI=1S/C23H24O2/c1-14(2)21(11-15-3-5-16(6-4-15)23(24)25)19-9-10-20-17-7-8-18(12-17)22(20)13-19/h3-6,9-11,13-14,17-18H,7-8,12H2,1-2H3,(H,24,25)/t17-,18-/m0/s1. The van der Waals surface area contributed by atoms with E-state index in [9.17, 15) is 4.79 Å². The third kappa shape index (κ3) is 2.90. The van der Waals surface area contributed by atoms with Crippen molar-refractivity contribution in [1.82, 2.24) is 0 Å². The number of allylic oxidation sites excluding steroid dienone is 1. The van der Waals surface area contributed by atoms with Crippen LogP contribution in [0.1, 0.15) is 77.6 Å². The molecule has 128 valence electrons. The van der Waals surface area contributed by atoms with Gasteiger partial charge in [0.05, 0.1) is 5.56 Å². The minimum atomic E-state index is -0.881. The van der Waals surface area contributed by atoms with Gasteiger partial charge < -0.3 is 5.11 Å². The number of hydrogen-bond donors (Lipinski definition) is 1. The summed E-state index contributed by atoms with van der Waals surface area (Å²) >= 11 is 0. The summed E-state index contributed by atoms with van der Waals surface area (Å²) < 4.78 is 0. The van der Waals surface area contributed by atoms with Crippen LogP contribution in [0.4, 0.5) is 0 Å². The molecule has 0 aromatic heterocycles. The Labute approximate surface area is 149 Å². The van der Waals surface area contributed by atoms with Crippen molar-refractivity contribution in [3.63, 3.8) is 0 Å². The zero-order chi connectivity index (χ0) is 17.6. The molecule has 1 saturated carbocycles. The molecule has 2 heteroatoms. The molecule has 0 unspecified atom stereocenters. The molecule has 0 aliphatic heterocycles. The van der Waals surface area contributed by atoms with Gasteiger partial charge in [0.15, 0.2) is 0 Å². The van der Waals surface area contributed by atoms with E-state index >= 15 is 0 Å². The van der Waals surface area contributed by atoms with Crippen molar-refractivity contribution >= 4 is 17.6 Å². The van der Waals surface area contributed by atoms with E-state index in [1.807, 2.05) is 12.1 Å². The lowest BCUT2D eigenvalue weighted by molar-refractivity contribution is 0.0697. The van der Waals surface area contributed by atoms with Crippen molar-refractivity contribution in [3.05, 3.63) is 70.3 Å². The first-order valence-electron chi connectivity index (χ1n) is 9.22. The Kier molecular flexibility index (Phi) is 3.99. The van der Waals surface area contributed by atoms with E-state index in [1.54, 1.807) is 23.3 Å². The average molecular weight is 332 g/mol. The molecule has 2 atom stereocenters. The molecule has 2 bridgehead atoms. The normalized spacial score (nSPS) is 21.6. The first-order chi connectivity index (χ1) is 12.0. The van der Waals surface area contributed by atoms with Gasteiger partial charge in [0.25, 0.3) is 0 Å². The number of carboxylic acid groups (broad SMARTS) is 1. The summed E-state index contributed by atoms with van der Waals surface area (Å²) in [5.74, 6) is 1.09. The number of benzene rings is 2. The van der Waals surface area contributed by atoms with E-state index in [0.717, 1.165) is 17.4 Å². The second-order valence-electron chi connectivity index (χ2n) is 7.73. The van der Waals surface area contributed by atoms with Crippen LogP contribution in [0, 0.1) is 5.92 Å². The number of aromatic carboxylic acids is 1. The molecule has 2 aliphatic carbocycles. The fraction of sp³-hybridized carbons (Fsp3) is 0.348. The highest BCUT2D eigenvalue weighted by Gasteiger charge is 2.36. The first-order valence-corrected chi connectivity index (χ1v) is 9.22. The number of rotatable bonds is 4. The van der Waals surface area contributed by atoms with E-state index in [2.05, 4.69) is 38.1 Å². The van der Waals surface area contributed by atoms with Crippen molar-refractivity contribution < 1.29 is 9.90 Å². The Morgan fingerprint density at radius 2 is 1.64 bits per heavy atom. The second-order valence-corrected chi connectivity index (χ2v) is 7.73. The van der Waals surface area contributed by atoms with E-state index < -0.39 is 5.97 Å². The molecule has 0 heterocycles. The summed E-state index contributed by atoms with van der Waals surface area (Å²) in [5, 5.41) is 9.05. The van der Waals surface area contributed by atoms with Crippen LogP contribution in [0.5, 0.6) is 0 Å². The maximum Gasteiger partial charge on any atom is 0.335 e. The molecule has 2 aromatic rings. The highest BCUT2D eigenvalue weighted by atomic mass is 16.4. The predicted molar refractivity (Wildman–Crippen MR) is 102 cm³/mol. The Morgan fingerprint density at radius 1 is 1.00 bits per heavy atom. The smallest absolute Gasteiger partial charge is 0.335 e. The minimum absolute atomic E-state index is 0.330. The zero-order valence-electron chi connectivity index (χ0n) is 14.8. The Bertz CT molecular complexity index is 843. The lowest BCUT2D eigenvalue weighted by Gasteiger charge is -2.19. The largest absolute Gasteiger partial charge is 0.478 e. The third-order valence-corrected chi connectivity index (χ3v) is 5.83. The zero-order valence-corrected chi connectivity index (χ0v) is 14.8. The van der Waals surface area contributed by atoms with Gasteiger partial charge in [-0.25, -0.2) is 4.79 Å². The Hall–Kier alpha value is -2.35. The van der Waals surface area contributed by atoms with Gasteiger partial charge in [-0.1, -0.05) is 50.3 Å². The Balaban J connectivity index is 1.70. The fourth-order valence-corrected chi connectivity index (χ4v) is 4.51. The van der Waals surface area contributed by atoms with Crippen molar-refractivity contribution in [2.24, 2.45) is 5.92 Å². The number of fused-ring (bicyclic) bond motifs is 5. The topological polar surface area (TPSA) is 37.3 Å². The Morgan fingerprint density at radius 3 is 2.28 bits per heavy atom. The molecule has 0 spiro atoms. The molecule has 2 nitrogen and oxygen atoms in total.